The van der Waals surface area contributed by atoms with Crippen LogP contribution in [0.5, 0.6) is 0 Å². The Kier molecular flexibility index (Phi) is 14.0. The lowest BCUT2D eigenvalue weighted by atomic mass is 9.88. The van der Waals surface area contributed by atoms with E-state index in [2.05, 4.69) is 36.7 Å². The highest BCUT2D eigenvalue weighted by Gasteiger charge is 2.30. The van der Waals surface area contributed by atoms with Gasteiger partial charge in [-0.3, -0.25) is 19.2 Å². The fourth-order valence-electron chi connectivity index (χ4n) is 3.90. The number of carbonyl (C=O) groups excluding carboxylic acids is 5. The van der Waals surface area contributed by atoms with Gasteiger partial charge in [-0.25, -0.2) is 4.79 Å². The maximum atomic E-state index is 13.3. The number of amides is 4. The van der Waals surface area contributed by atoms with Gasteiger partial charge in [-0.05, 0) is 69.1 Å². The lowest BCUT2D eigenvalue weighted by Gasteiger charge is -2.25. The number of primary amides is 1. The Morgan fingerprint density at radius 1 is 0.951 bits per heavy atom. The molecule has 10 nitrogen and oxygen atoms in total. The first-order chi connectivity index (χ1) is 18.9. The molecule has 0 heterocycles. The number of rotatable bonds is 15. The Morgan fingerprint density at radius 3 is 2.07 bits per heavy atom. The Balaban J connectivity index is 2.92. The number of Topliss-reactive ketones (excluding diaryl/α,β-unsaturated/α-hetero) is 1. The quantitative estimate of drug-likeness (QED) is 0.176. The SMILES string of the molecule is CC(C)[C@@H](NC(=O)CCC(C)(C)C)C(=O)C[C@H](CCCNC(N)=O)C(=O)Nc1ccc(COC(=O)C(C)(C)C)cc1. The highest BCUT2D eigenvalue weighted by Crippen LogP contribution is 2.22. The van der Waals surface area contributed by atoms with Crippen LogP contribution in [0.3, 0.4) is 0 Å². The van der Waals surface area contributed by atoms with Crippen LogP contribution in [0.1, 0.15) is 93.1 Å². The third-order valence-corrected chi connectivity index (χ3v) is 6.48. The number of benzene rings is 1. The van der Waals surface area contributed by atoms with Crippen LogP contribution in [-0.2, 0) is 30.5 Å². The molecule has 0 spiro atoms. The van der Waals surface area contributed by atoms with Crippen LogP contribution in [0.25, 0.3) is 0 Å². The number of hydrogen-bond donors (Lipinski definition) is 4. The van der Waals surface area contributed by atoms with Crippen molar-refractivity contribution in [1.82, 2.24) is 10.6 Å². The first-order valence-electron chi connectivity index (χ1n) is 14.3. The van der Waals surface area contributed by atoms with Crippen molar-refractivity contribution in [3.63, 3.8) is 0 Å². The van der Waals surface area contributed by atoms with Crippen molar-refractivity contribution in [2.45, 2.75) is 100 Å². The molecular weight excluding hydrogens is 524 g/mol. The van der Waals surface area contributed by atoms with Gasteiger partial charge in [0.2, 0.25) is 11.8 Å². The molecule has 0 aliphatic carbocycles. The summed E-state index contributed by atoms with van der Waals surface area (Å²) in [6.07, 6.45) is 1.71. The second-order valence-corrected chi connectivity index (χ2v) is 13.2. The minimum Gasteiger partial charge on any atom is -0.460 e. The number of nitrogens with one attached hydrogen (secondary N) is 3. The number of ether oxygens (including phenoxy) is 1. The van der Waals surface area contributed by atoms with Crippen molar-refractivity contribution in [3.05, 3.63) is 29.8 Å². The fraction of sp³-hybridized carbons (Fsp3) is 0.645. The number of esters is 1. The maximum absolute atomic E-state index is 13.3. The van der Waals surface area contributed by atoms with Crippen molar-refractivity contribution < 1.29 is 28.7 Å². The van der Waals surface area contributed by atoms with E-state index in [-0.39, 0.29) is 54.5 Å². The van der Waals surface area contributed by atoms with Crippen molar-refractivity contribution in [3.8, 4) is 0 Å². The molecule has 1 aromatic rings. The van der Waals surface area contributed by atoms with E-state index in [4.69, 9.17) is 10.5 Å². The van der Waals surface area contributed by atoms with Gasteiger partial charge in [-0.1, -0.05) is 46.8 Å². The third-order valence-electron chi connectivity index (χ3n) is 6.48. The predicted octanol–water partition coefficient (Wildman–Crippen LogP) is 4.71. The van der Waals surface area contributed by atoms with Gasteiger partial charge in [0.1, 0.15) is 6.61 Å². The topological polar surface area (TPSA) is 157 Å². The average Bonchev–Trinajstić information content (AvgIpc) is 2.85. The second kappa shape index (κ2) is 16.1. The Bertz CT molecular complexity index is 1040. The lowest BCUT2D eigenvalue weighted by Crippen LogP contribution is -2.45. The molecule has 0 aromatic heterocycles. The molecule has 230 valence electrons. The van der Waals surface area contributed by atoms with E-state index < -0.39 is 23.4 Å². The third kappa shape index (κ3) is 14.7. The molecule has 0 fully saturated rings. The van der Waals surface area contributed by atoms with E-state index in [1.807, 2.05) is 13.8 Å². The van der Waals surface area contributed by atoms with Gasteiger partial charge >= 0.3 is 12.0 Å². The molecule has 2 atom stereocenters. The van der Waals surface area contributed by atoms with Gasteiger partial charge < -0.3 is 26.4 Å². The molecule has 10 heteroatoms. The first kappa shape index (κ1) is 35.6. The maximum Gasteiger partial charge on any atom is 0.312 e. The molecule has 0 unspecified atom stereocenters. The molecule has 0 radical (unpaired) electrons. The second-order valence-electron chi connectivity index (χ2n) is 13.2. The standard InChI is InChI=1S/C31H50N4O6/c1-20(2)26(35-25(37)15-16-30(3,4)5)24(36)18-22(10-9-17-33-29(32)40)27(38)34-23-13-11-21(12-14-23)19-41-28(39)31(6,7)8/h11-14,20,22,26H,9-10,15-19H2,1-8H3,(H,34,38)(H,35,37)(H3,32,33,40)/t22-,26+/m0/s1. The van der Waals surface area contributed by atoms with E-state index in [1.54, 1.807) is 45.0 Å². The molecule has 1 rings (SSSR count). The smallest absolute Gasteiger partial charge is 0.312 e. The summed E-state index contributed by atoms with van der Waals surface area (Å²) >= 11 is 0. The van der Waals surface area contributed by atoms with Crippen molar-refractivity contribution >= 4 is 35.3 Å². The first-order valence-corrected chi connectivity index (χ1v) is 14.3. The minimum atomic E-state index is -0.711. The van der Waals surface area contributed by atoms with Gasteiger partial charge in [0, 0.05) is 31.0 Å². The largest absolute Gasteiger partial charge is 0.460 e. The molecule has 4 amide bonds. The molecule has 0 aliphatic rings. The van der Waals surface area contributed by atoms with E-state index in [9.17, 15) is 24.0 Å². The molecule has 1 aromatic carbocycles. The Morgan fingerprint density at radius 2 is 1.56 bits per heavy atom. The number of nitrogens with two attached hydrogens (primary N) is 1. The summed E-state index contributed by atoms with van der Waals surface area (Å²) in [6, 6.07) is 5.55. The van der Waals surface area contributed by atoms with Crippen LogP contribution in [0.2, 0.25) is 0 Å². The summed E-state index contributed by atoms with van der Waals surface area (Å²) in [5.74, 6) is -1.89. The van der Waals surface area contributed by atoms with Crippen LogP contribution < -0.4 is 21.7 Å². The molecule has 41 heavy (non-hydrogen) atoms. The molecule has 5 N–H and O–H groups in total. The summed E-state index contributed by atoms with van der Waals surface area (Å²) in [4.78, 5) is 62.3. The van der Waals surface area contributed by atoms with E-state index >= 15 is 0 Å². The number of ketones is 1. The highest BCUT2D eigenvalue weighted by molar-refractivity contribution is 5.97. The molecule has 0 aliphatic heterocycles. The number of urea groups is 1. The van der Waals surface area contributed by atoms with E-state index in [1.165, 1.54) is 0 Å². The zero-order valence-electron chi connectivity index (χ0n) is 26.0. The van der Waals surface area contributed by atoms with Gasteiger partial charge in [0.05, 0.1) is 11.5 Å². The summed E-state index contributed by atoms with van der Waals surface area (Å²) in [6.45, 7) is 15.6. The van der Waals surface area contributed by atoms with Gasteiger partial charge in [0.25, 0.3) is 0 Å². The Hall–Kier alpha value is -3.43. The van der Waals surface area contributed by atoms with Crippen LogP contribution in [0, 0.1) is 22.7 Å². The van der Waals surface area contributed by atoms with Crippen LogP contribution in [0.15, 0.2) is 24.3 Å². The van der Waals surface area contributed by atoms with Gasteiger partial charge in [-0.15, -0.1) is 0 Å². The van der Waals surface area contributed by atoms with Crippen molar-refractivity contribution in [1.29, 1.82) is 0 Å². The van der Waals surface area contributed by atoms with E-state index in [0.717, 1.165) is 5.56 Å². The fourth-order valence-corrected chi connectivity index (χ4v) is 3.90. The van der Waals surface area contributed by atoms with Crippen molar-refractivity contribution in [2.24, 2.45) is 28.4 Å². The lowest BCUT2D eigenvalue weighted by molar-refractivity contribution is -0.154. The minimum absolute atomic E-state index is 0.00805. The van der Waals surface area contributed by atoms with Crippen LogP contribution in [-0.4, -0.2) is 42.2 Å². The molecular formula is C31H50N4O6. The van der Waals surface area contributed by atoms with Crippen LogP contribution >= 0.6 is 0 Å². The summed E-state index contributed by atoms with van der Waals surface area (Å²) in [5, 5.41) is 8.23. The van der Waals surface area contributed by atoms with E-state index in [0.29, 0.717) is 31.4 Å². The number of hydrogen-bond acceptors (Lipinski definition) is 6. The molecule has 0 saturated heterocycles. The Labute approximate surface area is 244 Å². The zero-order chi connectivity index (χ0) is 31.4. The summed E-state index contributed by atoms with van der Waals surface area (Å²) < 4.78 is 5.34. The van der Waals surface area contributed by atoms with Crippen LogP contribution in [0.4, 0.5) is 10.5 Å². The summed E-state index contributed by atoms with van der Waals surface area (Å²) in [5.41, 5.74) is 5.84. The molecule has 0 saturated carbocycles. The predicted molar refractivity (Wildman–Crippen MR) is 160 cm³/mol. The van der Waals surface area contributed by atoms with Crippen molar-refractivity contribution in [2.75, 3.05) is 11.9 Å². The highest BCUT2D eigenvalue weighted by atomic mass is 16.5. The number of anilines is 1. The molecule has 0 bridgehead atoms. The van der Waals surface area contributed by atoms with Gasteiger partial charge in [0.15, 0.2) is 5.78 Å². The summed E-state index contributed by atoms with van der Waals surface area (Å²) in [7, 11) is 0. The zero-order valence-corrected chi connectivity index (χ0v) is 26.0. The number of carbonyl (C=O) groups is 5. The monoisotopic (exact) mass is 574 g/mol. The van der Waals surface area contributed by atoms with Gasteiger partial charge in [-0.2, -0.15) is 0 Å². The normalized spacial score (nSPS) is 13.2. The average molecular weight is 575 g/mol.